The molecule has 0 radical (unpaired) electrons. The Labute approximate surface area is 138 Å². The van der Waals surface area contributed by atoms with Gasteiger partial charge in [0.15, 0.2) is 0 Å². The summed E-state index contributed by atoms with van der Waals surface area (Å²) in [5.41, 5.74) is 1.98. The lowest BCUT2D eigenvalue weighted by Gasteiger charge is -2.18. The Bertz CT molecular complexity index is 696. The fourth-order valence-corrected chi connectivity index (χ4v) is 3.35. The van der Waals surface area contributed by atoms with E-state index in [-0.39, 0.29) is 4.90 Å². The fourth-order valence-electron chi connectivity index (χ4n) is 2.33. The number of nitrogens with one attached hydrogen (secondary N) is 1. The molecule has 0 bridgehead atoms. The highest BCUT2D eigenvalue weighted by molar-refractivity contribution is 7.89. The summed E-state index contributed by atoms with van der Waals surface area (Å²) in [6.07, 6.45) is 3.43. The van der Waals surface area contributed by atoms with Crippen molar-refractivity contribution in [1.82, 2.24) is 14.6 Å². The highest BCUT2D eigenvalue weighted by Crippen LogP contribution is 2.20. The van der Waals surface area contributed by atoms with Gasteiger partial charge in [-0.3, -0.25) is 4.98 Å². The van der Waals surface area contributed by atoms with Crippen LogP contribution >= 0.6 is 0 Å². The molecule has 2 aromatic rings. The van der Waals surface area contributed by atoms with Crippen LogP contribution in [0.4, 0.5) is 0 Å². The molecular formula is C17H23N3O2S. The maximum atomic E-state index is 12.3. The van der Waals surface area contributed by atoms with Gasteiger partial charge in [0, 0.05) is 25.5 Å². The first-order valence-corrected chi connectivity index (χ1v) is 9.27. The first kappa shape index (κ1) is 17.6. The quantitative estimate of drug-likeness (QED) is 0.805. The Balaban J connectivity index is 2.03. The van der Waals surface area contributed by atoms with Crippen LogP contribution in [0.3, 0.4) is 0 Å². The second-order valence-corrected chi connectivity index (χ2v) is 6.95. The molecule has 1 aromatic carbocycles. The summed E-state index contributed by atoms with van der Waals surface area (Å²) in [5, 5.41) is 0. The average molecular weight is 333 g/mol. The molecule has 0 amide bonds. The number of aromatic nitrogens is 1. The van der Waals surface area contributed by atoms with E-state index in [0.29, 0.717) is 13.1 Å². The average Bonchev–Trinajstić information content (AvgIpc) is 2.59. The molecule has 1 heterocycles. The molecule has 0 fully saturated rings. The largest absolute Gasteiger partial charge is 0.303 e. The van der Waals surface area contributed by atoms with Crippen molar-refractivity contribution in [3.8, 4) is 11.1 Å². The van der Waals surface area contributed by atoms with Crippen LogP contribution < -0.4 is 4.72 Å². The van der Waals surface area contributed by atoms with Gasteiger partial charge in [-0.2, -0.15) is 0 Å². The van der Waals surface area contributed by atoms with Crippen LogP contribution in [0.25, 0.3) is 11.1 Å². The van der Waals surface area contributed by atoms with E-state index in [2.05, 4.69) is 28.5 Å². The molecule has 124 valence electrons. The van der Waals surface area contributed by atoms with Crippen LogP contribution in [-0.2, 0) is 10.0 Å². The molecule has 0 aliphatic heterocycles. The zero-order valence-corrected chi connectivity index (χ0v) is 14.4. The molecule has 1 N–H and O–H groups in total. The van der Waals surface area contributed by atoms with Crippen LogP contribution in [0.1, 0.15) is 13.8 Å². The van der Waals surface area contributed by atoms with Crippen molar-refractivity contribution >= 4 is 10.0 Å². The molecule has 2 rings (SSSR count). The highest BCUT2D eigenvalue weighted by Gasteiger charge is 2.13. The summed E-state index contributed by atoms with van der Waals surface area (Å²) in [5.74, 6) is 0. The van der Waals surface area contributed by atoms with Gasteiger partial charge in [0.05, 0.1) is 4.90 Å². The number of nitrogens with zero attached hydrogens (tertiary/aromatic N) is 2. The second-order valence-electron chi connectivity index (χ2n) is 5.18. The second kappa shape index (κ2) is 8.19. The molecule has 0 unspecified atom stereocenters. The van der Waals surface area contributed by atoms with E-state index < -0.39 is 10.0 Å². The summed E-state index contributed by atoms with van der Waals surface area (Å²) in [7, 11) is -3.46. The lowest BCUT2D eigenvalue weighted by atomic mass is 10.1. The normalized spacial score (nSPS) is 11.8. The maximum Gasteiger partial charge on any atom is 0.240 e. The molecule has 0 saturated heterocycles. The molecule has 0 spiro atoms. The number of hydrogen-bond acceptors (Lipinski definition) is 4. The smallest absolute Gasteiger partial charge is 0.240 e. The molecule has 5 nitrogen and oxygen atoms in total. The third-order valence-corrected chi connectivity index (χ3v) is 5.27. The summed E-state index contributed by atoms with van der Waals surface area (Å²) < 4.78 is 27.3. The Morgan fingerprint density at radius 2 is 1.52 bits per heavy atom. The van der Waals surface area contributed by atoms with Gasteiger partial charge in [0.25, 0.3) is 0 Å². The SMILES string of the molecule is CCN(CC)CCNS(=O)(=O)c1ccc(-c2ccncc2)cc1. The Hall–Kier alpha value is -1.76. The summed E-state index contributed by atoms with van der Waals surface area (Å²) in [6.45, 7) is 7.08. The Kier molecular flexibility index (Phi) is 6.27. The summed E-state index contributed by atoms with van der Waals surface area (Å²) in [4.78, 5) is 6.44. The van der Waals surface area contributed by atoms with E-state index in [1.165, 1.54) is 0 Å². The topological polar surface area (TPSA) is 62.3 Å². The molecule has 0 atom stereocenters. The zero-order valence-electron chi connectivity index (χ0n) is 13.6. The monoisotopic (exact) mass is 333 g/mol. The molecule has 6 heteroatoms. The van der Waals surface area contributed by atoms with Gasteiger partial charge in [-0.1, -0.05) is 26.0 Å². The van der Waals surface area contributed by atoms with Crippen LogP contribution in [0, 0.1) is 0 Å². The van der Waals surface area contributed by atoms with Crippen molar-refractivity contribution in [3.05, 3.63) is 48.8 Å². The van der Waals surface area contributed by atoms with Gasteiger partial charge in [-0.05, 0) is 48.5 Å². The van der Waals surface area contributed by atoms with E-state index in [1.54, 1.807) is 24.5 Å². The van der Waals surface area contributed by atoms with E-state index in [4.69, 9.17) is 0 Å². The third kappa shape index (κ3) is 4.86. The Morgan fingerprint density at radius 1 is 0.957 bits per heavy atom. The van der Waals surface area contributed by atoms with Gasteiger partial charge < -0.3 is 4.90 Å². The van der Waals surface area contributed by atoms with Crippen molar-refractivity contribution < 1.29 is 8.42 Å². The minimum absolute atomic E-state index is 0.287. The van der Waals surface area contributed by atoms with E-state index in [1.807, 2.05) is 24.3 Å². The molecule has 0 saturated carbocycles. The zero-order chi connectivity index (χ0) is 16.7. The van der Waals surface area contributed by atoms with Gasteiger partial charge in [0.1, 0.15) is 0 Å². The van der Waals surface area contributed by atoms with Crippen LogP contribution in [-0.4, -0.2) is 44.5 Å². The number of sulfonamides is 1. The summed E-state index contributed by atoms with van der Waals surface area (Å²) >= 11 is 0. The van der Waals surface area contributed by atoms with Crippen LogP contribution in [0.5, 0.6) is 0 Å². The lowest BCUT2D eigenvalue weighted by Crippen LogP contribution is -2.34. The number of rotatable bonds is 8. The van der Waals surface area contributed by atoms with Crippen molar-refractivity contribution in [2.45, 2.75) is 18.7 Å². The third-order valence-electron chi connectivity index (χ3n) is 3.79. The molecule has 1 aromatic heterocycles. The maximum absolute atomic E-state index is 12.3. The van der Waals surface area contributed by atoms with Crippen molar-refractivity contribution in [2.24, 2.45) is 0 Å². The van der Waals surface area contributed by atoms with Crippen molar-refractivity contribution in [3.63, 3.8) is 0 Å². The van der Waals surface area contributed by atoms with E-state index >= 15 is 0 Å². The fraction of sp³-hybridized carbons (Fsp3) is 0.353. The van der Waals surface area contributed by atoms with Crippen molar-refractivity contribution in [2.75, 3.05) is 26.2 Å². The number of likely N-dealkylation sites (N-methyl/N-ethyl adjacent to an activating group) is 1. The standard InChI is InChI=1S/C17H23N3O2S/c1-3-20(4-2)14-13-19-23(21,22)17-7-5-15(6-8-17)16-9-11-18-12-10-16/h5-12,19H,3-4,13-14H2,1-2H3. The molecule has 23 heavy (non-hydrogen) atoms. The van der Waals surface area contributed by atoms with E-state index in [9.17, 15) is 8.42 Å². The summed E-state index contributed by atoms with van der Waals surface area (Å²) in [6, 6.07) is 10.7. The van der Waals surface area contributed by atoms with Crippen molar-refractivity contribution in [1.29, 1.82) is 0 Å². The number of hydrogen-bond donors (Lipinski definition) is 1. The predicted octanol–water partition coefficient (Wildman–Crippen LogP) is 2.37. The minimum atomic E-state index is -3.46. The van der Waals surface area contributed by atoms with Gasteiger partial charge in [0.2, 0.25) is 10.0 Å². The van der Waals surface area contributed by atoms with Crippen LogP contribution in [0.15, 0.2) is 53.7 Å². The minimum Gasteiger partial charge on any atom is -0.303 e. The lowest BCUT2D eigenvalue weighted by molar-refractivity contribution is 0.309. The molecule has 0 aliphatic carbocycles. The first-order valence-electron chi connectivity index (χ1n) is 7.79. The van der Waals surface area contributed by atoms with Gasteiger partial charge in [-0.25, -0.2) is 13.1 Å². The number of benzene rings is 1. The van der Waals surface area contributed by atoms with Crippen LogP contribution in [0.2, 0.25) is 0 Å². The predicted molar refractivity (Wildman–Crippen MR) is 92.6 cm³/mol. The highest BCUT2D eigenvalue weighted by atomic mass is 32.2. The van der Waals surface area contributed by atoms with Gasteiger partial charge in [-0.15, -0.1) is 0 Å². The first-order chi connectivity index (χ1) is 11.1. The molecular weight excluding hydrogens is 310 g/mol. The van der Waals surface area contributed by atoms with E-state index in [0.717, 1.165) is 24.2 Å². The molecule has 0 aliphatic rings. The number of pyridine rings is 1. The van der Waals surface area contributed by atoms with Gasteiger partial charge >= 0.3 is 0 Å². The Morgan fingerprint density at radius 3 is 2.09 bits per heavy atom.